The van der Waals surface area contributed by atoms with E-state index in [-0.39, 0.29) is 5.78 Å². The van der Waals surface area contributed by atoms with E-state index in [0.717, 1.165) is 17.2 Å². The molecule has 2 heteroatoms. The van der Waals surface area contributed by atoms with E-state index in [1.807, 2.05) is 18.2 Å². The molecule has 2 rings (SSSR count). The van der Waals surface area contributed by atoms with Crippen LogP contribution in [0.2, 0.25) is 0 Å². The Kier molecular flexibility index (Phi) is 4.05. The largest absolute Gasteiger partial charge is 0.496 e. The van der Waals surface area contributed by atoms with Crippen LogP contribution in [0.3, 0.4) is 0 Å². The molecule has 98 valence electrons. The van der Waals surface area contributed by atoms with Crippen LogP contribution in [0.25, 0.3) is 0 Å². The Labute approximate surface area is 109 Å². The fourth-order valence-electron chi connectivity index (χ4n) is 2.84. The molecule has 0 aliphatic heterocycles. The summed E-state index contributed by atoms with van der Waals surface area (Å²) in [6.45, 7) is 3.94. The molecule has 1 aliphatic rings. The maximum absolute atomic E-state index is 11.5. The van der Waals surface area contributed by atoms with Gasteiger partial charge in [-0.3, -0.25) is 4.79 Å². The summed E-state index contributed by atoms with van der Waals surface area (Å²) in [6.07, 6.45) is 4.97. The number of Topliss-reactive ketones (excluding diaryl/α,β-unsaturated/α-hetero) is 1. The summed E-state index contributed by atoms with van der Waals surface area (Å²) >= 11 is 0. The third-order valence-electron chi connectivity index (χ3n) is 4.09. The first-order valence-electron chi connectivity index (χ1n) is 6.80. The number of ether oxygens (including phenoxy) is 1. The average Bonchev–Trinajstić information content (AvgIpc) is 2.39. The Balaban J connectivity index is 2.29. The summed E-state index contributed by atoms with van der Waals surface area (Å²) in [4.78, 5) is 11.5. The Morgan fingerprint density at radius 3 is 2.44 bits per heavy atom. The van der Waals surface area contributed by atoms with Gasteiger partial charge in [0.25, 0.3) is 0 Å². The van der Waals surface area contributed by atoms with Crippen LogP contribution in [0.15, 0.2) is 18.2 Å². The van der Waals surface area contributed by atoms with Gasteiger partial charge in [0.1, 0.15) is 5.75 Å². The van der Waals surface area contributed by atoms with Gasteiger partial charge in [0.15, 0.2) is 5.78 Å². The molecule has 0 atom stereocenters. The Morgan fingerprint density at radius 2 is 1.89 bits per heavy atom. The molecule has 0 spiro atoms. The normalized spacial score (nSPS) is 23.7. The molecular weight excluding hydrogens is 224 g/mol. The minimum atomic E-state index is 0.128. The first-order chi connectivity index (χ1) is 8.61. The fourth-order valence-corrected chi connectivity index (χ4v) is 2.84. The zero-order valence-corrected chi connectivity index (χ0v) is 11.5. The quantitative estimate of drug-likeness (QED) is 0.747. The number of benzene rings is 1. The molecule has 1 aliphatic carbocycles. The number of carbonyl (C=O) groups excluding carboxylic acids is 1. The standard InChI is InChI=1S/C16H22O2/c1-11-4-6-13(7-5-11)15-10-14(12(2)17)8-9-16(15)18-3/h8-11,13H,4-7H2,1-3H3. The third-order valence-corrected chi connectivity index (χ3v) is 4.09. The van der Waals surface area contributed by atoms with Crippen LogP contribution >= 0.6 is 0 Å². The summed E-state index contributed by atoms with van der Waals surface area (Å²) in [7, 11) is 1.71. The van der Waals surface area contributed by atoms with Crippen molar-refractivity contribution in [3.63, 3.8) is 0 Å². The van der Waals surface area contributed by atoms with Crippen molar-refractivity contribution in [3.8, 4) is 5.75 Å². The Hall–Kier alpha value is -1.31. The van der Waals surface area contributed by atoms with Crippen LogP contribution in [0.5, 0.6) is 5.75 Å². The zero-order valence-electron chi connectivity index (χ0n) is 11.5. The number of methoxy groups -OCH3 is 1. The monoisotopic (exact) mass is 246 g/mol. The molecular formula is C16H22O2. The maximum atomic E-state index is 11.5. The molecule has 0 bridgehead atoms. The highest BCUT2D eigenvalue weighted by Gasteiger charge is 2.23. The molecule has 0 aromatic heterocycles. The van der Waals surface area contributed by atoms with Gasteiger partial charge in [0.05, 0.1) is 7.11 Å². The van der Waals surface area contributed by atoms with E-state index >= 15 is 0 Å². The van der Waals surface area contributed by atoms with Crippen molar-refractivity contribution in [2.24, 2.45) is 5.92 Å². The minimum absolute atomic E-state index is 0.128. The highest BCUT2D eigenvalue weighted by Crippen LogP contribution is 2.39. The van der Waals surface area contributed by atoms with Gasteiger partial charge < -0.3 is 4.74 Å². The van der Waals surface area contributed by atoms with Gasteiger partial charge >= 0.3 is 0 Å². The summed E-state index contributed by atoms with van der Waals surface area (Å²) in [5, 5.41) is 0. The van der Waals surface area contributed by atoms with Crippen LogP contribution in [0.4, 0.5) is 0 Å². The summed E-state index contributed by atoms with van der Waals surface area (Å²) in [6, 6.07) is 5.82. The van der Waals surface area contributed by atoms with Gasteiger partial charge in [-0.2, -0.15) is 0 Å². The smallest absolute Gasteiger partial charge is 0.159 e. The SMILES string of the molecule is COc1ccc(C(C)=O)cc1C1CCC(C)CC1. The second kappa shape index (κ2) is 5.55. The number of rotatable bonds is 3. The van der Waals surface area contributed by atoms with Gasteiger partial charge in [-0.25, -0.2) is 0 Å². The van der Waals surface area contributed by atoms with E-state index in [9.17, 15) is 4.79 Å². The number of hydrogen-bond donors (Lipinski definition) is 0. The highest BCUT2D eigenvalue weighted by atomic mass is 16.5. The first kappa shape index (κ1) is 13.1. The van der Waals surface area contributed by atoms with Crippen LogP contribution in [-0.4, -0.2) is 12.9 Å². The van der Waals surface area contributed by atoms with E-state index in [1.165, 1.54) is 31.2 Å². The molecule has 0 unspecified atom stereocenters. The molecule has 0 radical (unpaired) electrons. The number of carbonyl (C=O) groups is 1. The van der Waals surface area contributed by atoms with Gasteiger partial charge in [-0.1, -0.05) is 19.8 Å². The fraction of sp³-hybridized carbons (Fsp3) is 0.562. The van der Waals surface area contributed by atoms with Gasteiger partial charge in [0.2, 0.25) is 0 Å². The summed E-state index contributed by atoms with van der Waals surface area (Å²) < 4.78 is 5.45. The van der Waals surface area contributed by atoms with Crippen molar-refractivity contribution in [2.45, 2.75) is 45.4 Å². The molecule has 0 amide bonds. The number of hydrogen-bond acceptors (Lipinski definition) is 2. The van der Waals surface area contributed by atoms with Crippen LogP contribution in [0.1, 0.15) is 61.4 Å². The van der Waals surface area contributed by atoms with Crippen molar-refractivity contribution in [3.05, 3.63) is 29.3 Å². The predicted octanol–water partition coefficient (Wildman–Crippen LogP) is 4.19. The van der Waals surface area contributed by atoms with Crippen molar-refractivity contribution in [1.82, 2.24) is 0 Å². The molecule has 1 saturated carbocycles. The van der Waals surface area contributed by atoms with Crippen molar-refractivity contribution < 1.29 is 9.53 Å². The predicted molar refractivity (Wildman–Crippen MR) is 73.4 cm³/mol. The Morgan fingerprint density at radius 1 is 1.22 bits per heavy atom. The van der Waals surface area contributed by atoms with E-state index in [1.54, 1.807) is 14.0 Å². The molecule has 1 aromatic rings. The molecule has 0 saturated heterocycles. The summed E-state index contributed by atoms with van der Waals surface area (Å²) in [5.74, 6) is 2.45. The second-order valence-electron chi connectivity index (χ2n) is 5.47. The van der Waals surface area contributed by atoms with E-state index in [2.05, 4.69) is 6.92 Å². The average molecular weight is 246 g/mol. The van der Waals surface area contributed by atoms with Gasteiger partial charge in [-0.05, 0) is 55.4 Å². The van der Waals surface area contributed by atoms with Crippen molar-refractivity contribution in [1.29, 1.82) is 0 Å². The van der Waals surface area contributed by atoms with Crippen molar-refractivity contribution in [2.75, 3.05) is 7.11 Å². The van der Waals surface area contributed by atoms with Crippen LogP contribution in [-0.2, 0) is 0 Å². The molecule has 0 heterocycles. The lowest BCUT2D eigenvalue weighted by atomic mass is 9.79. The lowest BCUT2D eigenvalue weighted by Crippen LogP contribution is -2.12. The van der Waals surface area contributed by atoms with Crippen molar-refractivity contribution >= 4 is 5.78 Å². The van der Waals surface area contributed by atoms with E-state index in [4.69, 9.17) is 4.74 Å². The van der Waals surface area contributed by atoms with Crippen LogP contribution in [0, 0.1) is 5.92 Å². The molecule has 18 heavy (non-hydrogen) atoms. The molecule has 0 N–H and O–H groups in total. The van der Waals surface area contributed by atoms with E-state index < -0.39 is 0 Å². The third kappa shape index (κ3) is 2.74. The Bertz CT molecular complexity index is 429. The van der Waals surface area contributed by atoms with Gasteiger partial charge in [-0.15, -0.1) is 0 Å². The second-order valence-corrected chi connectivity index (χ2v) is 5.47. The maximum Gasteiger partial charge on any atom is 0.159 e. The minimum Gasteiger partial charge on any atom is -0.496 e. The highest BCUT2D eigenvalue weighted by molar-refractivity contribution is 5.94. The topological polar surface area (TPSA) is 26.3 Å². The van der Waals surface area contributed by atoms with Gasteiger partial charge in [0, 0.05) is 5.56 Å². The first-order valence-corrected chi connectivity index (χ1v) is 6.80. The molecule has 1 aromatic carbocycles. The summed E-state index contributed by atoms with van der Waals surface area (Å²) in [5.41, 5.74) is 2.02. The van der Waals surface area contributed by atoms with Crippen LogP contribution < -0.4 is 4.74 Å². The number of ketones is 1. The zero-order chi connectivity index (χ0) is 13.1. The lowest BCUT2D eigenvalue weighted by molar-refractivity contribution is 0.101. The molecule has 1 fully saturated rings. The lowest BCUT2D eigenvalue weighted by Gasteiger charge is -2.27. The molecule has 2 nitrogen and oxygen atoms in total. The van der Waals surface area contributed by atoms with E-state index in [0.29, 0.717) is 5.92 Å².